The number of benzene rings is 1. The molecule has 1 saturated heterocycles. The average Bonchev–Trinajstić information content (AvgIpc) is 2.68. The highest BCUT2D eigenvalue weighted by atomic mass is 16.2. The van der Waals surface area contributed by atoms with Crippen LogP contribution < -0.4 is 10.6 Å². The third kappa shape index (κ3) is 5.24. The maximum absolute atomic E-state index is 12.7. The van der Waals surface area contributed by atoms with Crippen LogP contribution in [0.25, 0.3) is 0 Å². The Morgan fingerprint density at radius 3 is 2.33 bits per heavy atom. The van der Waals surface area contributed by atoms with Crippen molar-refractivity contribution in [1.82, 2.24) is 15.5 Å². The van der Waals surface area contributed by atoms with E-state index in [4.69, 9.17) is 0 Å². The number of hydrogen-bond donors (Lipinski definition) is 2. The Bertz CT molecular complexity index is 642. The molecule has 1 aliphatic carbocycles. The molecule has 0 radical (unpaired) electrons. The minimum absolute atomic E-state index is 0.0454. The summed E-state index contributed by atoms with van der Waals surface area (Å²) in [6, 6.07) is 8.60. The van der Waals surface area contributed by atoms with Crippen LogP contribution in [0.5, 0.6) is 0 Å². The Balaban J connectivity index is 1.45. The van der Waals surface area contributed by atoms with Gasteiger partial charge in [-0.25, -0.2) is 4.79 Å². The monoisotopic (exact) mass is 371 g/mol. The van der Waals surface area contributed by atoms with Crippen molar-refractivity contribution in [3.63, 3.8) is 0 Å². The van der Waals surface area contributed by atoms with Crippen LogP contribution in [0.4, 0.5) is 4.79 Å². The quantitative estimate of drug-likeness (QED) is 0.847. The lowest BCUT2D eigenvalue weighted by molar-refractivity contribution is -0.132. The number of piperidine rings is 1. The molecule has 1 aliphatic heterocycles. The van der Waals surface area contributed by atoms with E-state index in [1.165, 1.54) is 24.8 Å². The summed E-state index contributed by atoms with van der Waals surface area (Å²) in [5.41, 5.74) is 1.93. The van der Waals surface area contributed by atoms with Gasteiger partial charge in [0.05, 0.1) is 0 Å². The molecule has 1 heterocycles. The second kappa shape index (κ2) is 8.77. The van der Waals surface area contributed by atoms with Crippen LogP contribution >= 0.6 is 0 Å². The zero-order chi connectivity index (χ0) is 19.3. The molecule has 2 fully saturated rings. The fourth-order valence-corrected chi connectivity index (χ4v) is 4.04. The molecule has 0 bridgehead atoms. The fraction of sp³-hybridized carbons (Fsp3) is 0.636. The number of amides is 3. The molecular weight excluding hydrogens is 338 g/mol. The van der Waals surface area contributed by atoms with E-state index in [9.17, 15) is 9.59 Å². The first kappa shape index (κ1) is 19.7. The normalized spacial score (nSPS) is 20.1. The van der Waals surface area contributed by atoms with Gasteiger partial charge in [-0.3, -0.25) is 4.79 Å². The molecule has 3 rings (SSSR count). The van der Waals surface area contributed by atoms with E-state index in [0.29, 0.717) is 38.5 Å². The topological polar surface area (TPSA) is 61.4 Å². The van der Waals surface area contributed by atoms with Crippen molar-refractivity contribution in [2.24, 2.45) is 5.41 Å². The second-order valence-electron chi connectivity index (χ2n) is 8.50. The Morgan fingerprint density at radius 2 is 1.70 bits per heavy atom. The van der Waals surface area contributed by atoms with E-state index in [-0.39, 0.29) is 11.9 Å². The number of carbonyl (C=O) groups excluding carboxylic acids is 2. The molecule has 148 valence electrons. The highest BCUT2D eigenvalue weighted by Crippen LogP contribution is 2.31. The predicted molar refractivity (Wildman–Crippen MR) is 107 cm³/mol. The molecule has 3 amide bonds. The SMILES string of the molecule is Cc1ccc(CNC(=O)C2(C)CCN(C(=O)NC3CCCCC3)CC2)cc1. The minimum Gasteiger partial charge on any atom is -0.352 e. The van der Waals surface area contributed by atoms with E-state index in [1.807, 2.05) is 11.8 Å². The van der Waals surface area contributed by atoms with Crippen molar-refractivity contribution in [3.05, 3.63) is 35.4 Å². The van der Waals surface area contributed by atoms with E-state index in [1.54, 1.807) is 0 Å². The number of aryl methyl sites for hydroxylation is 1. The third-order valence-corrected chi connectivity index (χ3v) is 6.21. The molecule has 0 atom stereocenters. The molecular formula is C22H33N3O2. The third-order valence-electron chi connectivity index (χ3n) is 6.21. The van der Waals surface area contributed by atoms with Crippen LogP contribution in [0, 0.1) is 12.3 Å². The zero-order valence-corrected chi connectivity index (χ0v) is 16.7. The molecule has 1 aromatic rings. The van der Waals surface area contributed by atoms with E-state index in [0.717, 1.165) is 18.4 Å². The Morgan fingerprint density at radius 1 is 1.07 bits per heavy atom. The van der Waals surface area contributed by atoms with Crippen molar-refractivity contribution < 1.29 is 9.59 Å². The molecule has 27 heavy (non-hydrogen) atoms. The average molecular weight is 372 g/mol. The summed E-state index contributed by atoms with van der Waals surface area (Å²) >= 11 is 0. The summed E-state index contributed by atoms with van der Waals surface area (Å²) in [5, 5.41) is 6.26. The van der Waals surface area contributed by atoms with Crippen LogP contribution in [0.3, 0.4) is 0 Å². The van der Waals surface area contributed by atoms with Gasteiger partial charge in [-0.1, -0.05) is 56.0 Å². The maximum Gasteiger partial charge on any atom is 0.317 e. The number of nitrogens with zero attached hydrogens (tertiary/aromatic N) is 1. The zero-order valence-electron chi connectivity index (χ0n) is 16.7. The van der Waals surface area contributed by atoms with Crippen molar-refractivity contribution in [2.75, 3.05) is 13.1 Å². The summed E-state index contributed by atoms with van der Waals surface area (Å²) in [5.74, 6) is 0.0930. The second-order valence-corrected chi connectivity index (χ2v) is 8.50. The lowest BCUT2D eigenvalue weighted by Gasteiger charge is -2.39. The first-order chi connectivity index (χ1) is 13.0. The van der Waals surface area contributed by atoms with Gasteiger partial charge in [-0.05, 0) is 38.2 Å². The minimum atomic E-state index is -0.397. The number of nitrogens with one attached hydrogen (secondary N) is 2. The lowest BCUT2D eigenvalue weighted by Crippen LogP contribution is -2.52. The van der Waals surface area contributed by atoms with Crippen molar-refractivity contribution in [3.8, 4) is 0 Å². The van der Waals surface area contributed by atoms with Gasteiger partial charge in [0.15, 0.2) is 0 Å². The molecule has 2 N–H and O–H groups in total. The van der Waals surface area contributed by atoms with Gasteiger partial charge >= 0.3 is 6.03 Å². The van der Waals surface area contributed by atoms with Gasteiger partial charge in [0.1, 0.15) is 0 Å². The molecule has 5 heteroatoms. The molecule has 1 saturated carbocycles. The van der Waals surface area contributed by atoms with E-state index >= 15 is 0 Å². The summed E-state index contributed by atoms with van der Waals surface area (Å²) in [7, 11) is 0. The van der Waals surface area contributed by atoms with Gasteiger partial charge < -0.3 is 15.5 Å². The van der Waals surface area contributed by atoms with Crippen LogP contribution in [0.2, 0.25) is 0 Å². The number of urea groups is 1. The first-order valence-electron chi connectivity index (χ1n) is 10.4. The van der Waals surface area contributed by atoms with Gasteiger partial charge in [0, 0.05) is 31.1 Å². The number of likely N-dealkylation sites (tertiary alicyclic amines) is 1. The summed E-state index contributed by atoms with van der Waals surface area (Å²) in [4.78, 5) is 27.1. The predicted octanol–water partition coefficient (Wildman–Crippen LogP) is 3.76. The largest absolute Gasteiger partial charge is 0.352 e. The van der Waals surface area contributed by atoms with Crippen molar-refractivity contribution in [1.29, 1.82) is 0 Å². The summed E-state index contributed by atoms with van der Waals surface area (Å²) < 4.78 is 0. The maximum atomic E-state index is 12.7. The van der Waals surface area contributed by atoms with E-state index < -0.39 is 5.41 Å². The Labute approximate surface area is 162 Å². The van der Waals surface area contributed by atoms with Gasteiger partial charge in [0.2, 0.25) is 5.91 Å². The first-order valence-corrected chi connectivity index (χ1v) is 10.4. The highest BCUT2D eigenvalue weighted by molar-refractivity contribution is 5.83. The molecule has 5 nitrogen and oxygen atoms in total. The summed E-state index contributed by atoms with van der Waals surface area (Å²) in [6.07, 6.45) is 7.33. The standard InChI is InChI=1S/C22H33N3O2/c1-17-8-10-18(11-9-17)16-23-20(26)22(2)12-14-25(15-13-22)21(27)24-19-6-4-3-5-7-19/h8-11,19H,3-7,12-16H2,1-2H3,(H,23,26)(H,24,27). The lowest BCUT2D eigenvalue weighted by atomic mass is 9.79. The van der Waals surface area contributed by atoms with Crippen LogP contribution in [-0.2, 0) is 11.3 Å². The smallest absolute Gasteiger partial charge is 0.317 e. The Hall–Kier alpha value is -2.04. The van der Waals surface area contributed by atoms with E-state index in [2.05, 4.69) is 41.8 Å². The molecule has 0 aromatic heterocycles. The number of carbonyl (C=O) groups is 2. The van der Waals surface area contributed by atoms with Crippen molar-refractivity contribution >= 4 is 11.9 Å². The van der Waals surface area contributed by atoms with Gasteiger partial charge in [-0.15, -0.1) is 0 Å². The molecule has 0 unspecified atom stereocenters. The molecule has 1 aromatic carbocycles. The number of hydrogen-bond acceptors (Lipinski definition) is 2. The van der Waals surface area contributed by atoms with Gasteiger partial charge in [0.25, 0.3) is 0 Å². The summed E-state index contributed by atoms with van der Waals surface area (Å²) in [6.45, 7) is 5.93. The van der Waals surface area contributed by atoms with Gasteiger partial charge in [-0.2, -0.15) is 0 Å². The van der Waals surface area contributed by atoms with Crippen LogP contribution in [0.15, 0.2) is 24.3 Å². The molecule has 2 aliphatic rings. The van der Waals surface area contributed by atoms with Crippen LogP contribution in [-0.4, -0.2) is 36.0 Å². The fourth-order valence-electron chi connectivity index (χ4n) is 4.04. The highest BCUT2D eigenvalue weighted by Gasteiger charge is 2.38. The van der Waals surface area contributed by atoms with Crippen molar-refractivity contribution in [2.45, 2.75) is 71.4 Å². The Kier molecular flexibility index (Phi) is 6.40. The van der Waals surface area contributed by atoms with Crippen LogP contribution in [0.1, 0.15) is 63.0 Å². The number of rotatable bonds is 4. The molecule has 0 spiro atoms.